The van der Waals surface area contributed by atoms with Gasteiger partial charge in [-0.05, 0) is 43.1 Å². The summed E-state index contributed by atoms with van der Waals surface area (Å²) in [6.07, 6.45) is -0.267. The summed E-state index contributed by atoms with van der Waals surface area (Å²) in [5, 5.41) is 21.6. The Kier molecular flexibility index (Phi) is 3.73. The van der Waals surface area contributed by atoms with Crippen LogP contribution in [-0.2, 0) is 13.5 Å². The molecule has 2 heterocycles. The predicted octanol–water partition coefficient (Wildman–Crippen LogP) is 2.07. The lowest BCUT2D eigenvalue weighted by molar-refractivity contribution is 0.175. The number of aliphatic hydroxyl groups is 1. The fourth-order valence-electron chi connectivity index (χ4n) is 1.27. The van der Waals surface area contributed by atoms with Crippen molar-refractivity contribution in [3.8, 4) is 0 Å². The molecule has 86 valence electrons. The Labute approximate surface area is 113 Å². The van der Waals surface area contributed by atoms with Crippen molar-refractivity contribution in [2.45, 2.75) is 12.5 Å². The average molecular weight is 368 g/mol. The molecule has 0 aliphatic carbocycles. The first kappa shape index (κ1) is 12.2. The number of thiophene rings is 1. The number of nitrogens with zero attached hydrogens (tertiary/aromatic N) is 4. The molecule has 2 aromatic heterocycles. The minimum atomic E-state index is -0.624. The quantitative estimate of drug-likeness (QED) is 0.901. The minimum absolute atomic E-state index is 0.357. The van der Waals surface area contributed by atoms with E-state index < -0.39 is 6.10 Å². The molecule has 0 radical (unpaired) electrons. The molecular weight excluding hydrogens is 360 g/mol. The summed E-state index contributed by atoms with van der Waals surface area (Å²) in [7, 11) is 1.69. The molecule has 16 heavy (non-hydrogen) atoms. The van der Waals surface area contributed by atoms with Gasteiger partial charge >= 0.3 is 0 Å². The van der Waals surface area contributed by atoms with Crippen LogP contribution in [0.25, 0.3) is 0 Å². The Bertz CT molecular complexity index is 498. The maximum atomic E-state index is 10.0. The maximum absolute atomic E-state index is 10.0. The third-order valence-corrected chi connectivity index (χ3v) is 4.35. The molecule has 0 saturated carbocycles. The molecule has 0 fully saturated rings. The highest BCUT2D eigenvalue weighted by molar-refractivity contribution is 9.12. The van der Waals surface area contributed by atoms with Crippen LogP contribution in [0.5, 0.6) is 0 Å². The summed E-state index contributed by atoms with van der Waals surface area (Å²) in [6, 6.07) is 1.88. The number of rotatable bonds is 3. The molecule has 0 aromatic carbocycles. The van der Waals surface area contributed by atoms with E-state index in [9.17, 15) is 5.11 Å². The summed E-state index contributed by atoms with van der Waals surface area (Å²) in [4.78, 5) is 1.38. The smallest absolute Gasteiger partial charge is 0.177 e. The Hall–Kier alpha value is -0.310. The summed E-state index contributed by atoms with van der Waals surface area (Å²) in [5.74, 6) is 0.532. The Morgan fingerprint density at radius 3 is 2.81 bits per heavy atom. The molecular formula is C8H8Br2N4OS. The first-order chi connectivity index (χ1) is 7.56. The topological polar surface area (TPSA) is 63.8 Å². The van der Waals surface area contributed by atoms with Crippen LogP contribution >= 0.6 is 43.2 Å². The monoisotopic (exact) mass is 366 g/mol. The van der Waals surface area contributed by atoms with Gasteiger partial charge in [0.1, 0.15) is 0 Å². The highest BCUT2D eigenvalue weighted by Crippen LogP contribution is 2.36. The van der Waals surface area contributed by atoms with Crippen LogP contribution < -0.4 is 0 Å². The van der Waals surface area contributed by atoms with E-state index in [0.717, 1.165) is 13.1 Å². The molecule has 0 bridgehead atoms. The lowest BCUT2D eigenvalue weighted by Gasteiger charge is -2.06. The molecule has 0 spiro atoms. The molecule has 1 N–H and O–H groups in total. The van der Waals surface area contributed by atoms with Crippen molar-refractivity contribution in [1.29, 1.82) is 0 Å². The number of aliphatic hydroxyl groups excluding tert-OH is 1. The zero-order valence-corrected chi connectivity index (χ0v) is 12.3. The molecule has 0 amide bonds. The van der Waals surface area contributed by atoms with E-state index in [2.05, 4.69) is 47.3 Å². The minimum Gasteiger partial charge on any atom is -0.388 e. The number of halogens is 2. The van der Waals surface area contributed by atoms with E-state index in [0.29, 0.717) is 12.2 Å². The van der Waals surface area contributed by atoms with E-state index >= 15 is 0 Å². The van der Waals surface area contributed by atoms with Crippen LogP contribution in [0.2, 0.25) is 0 Å². The SMILES string of the molecule is Cn1nnc(CC(O)c2cc(Br)sc2Br)n1. The number of aryl methyl sites for hydroxylation is 1. The largest absolute Gasteiger partial charge is 0.388 e. The van der Waals surface area contributed by atoms with E-state index in [1.54, 1.807) is 7.05 Å². The number of tetrazole rings is 1. The highest BCUT2D eigenvalue weighted by Gasteiger charge is 2.17. The highest BCUT2D eigenvalue weighted by atomic mass is 79.9. The number of hydrogen-bond acceptors (Lipinski definition) is 5. The van der Waals surface area contributed by atoms with Crippen molar-refractivity contribution >= 4 is 43.2 Å². The third-order valence-electron chi connectivity index (χ3n) is 1.97. The first-order valence-corrected chi connectivity index (χ1v) is 6.82. The van der Waals surface area contributed by atoms with Gasteiger partial charge in [-0.3, -0.25) is 0 Å². The Morgan fingerprint density at radius 2 is 2.31 bits per heavy atom. The molecule has 0 saturated heterocycles. The predicted molar refractivity (Wildman–Crippen MR) is 67.2 cm³/mol. The molecule has 5 nitrogen and oxygen atoms in total. The lowest BCUT2D eigenvalue weighted by atomic mass is 10.1. The van der Waals surface area contributed by atoms with E-state index in [-0.39, 0.29) is 0 Å². The van der Waals surface area contributed by atoms with Gasteiger partial charge in [-0.2, -0.15) is 4.80 Å². The van der Waals surface area contributed by atoms with Gasteiger partial charge in [-0.25, -0.2) is 0 Å². The zero-order valence-electron chi connectivity index (χ0n) is 8.26. The maximum Gasteiger partial charge on any atom is 0.177 e. The van der Waals surface area contributed by atoms with Crippen molar-refractivity contribution in [2.75, 3.05) is 0 Å². The lowest BCUT2D eigenvalue weighted by Crippen LogP contribution is -2.03. The summed E-state index contributed by atoms with van der Waals surface area (Å²) in [5.41, 5.74) is 0.837. The standard InChI is InChI=1S/C8H8Br2N4OS/c1-14-12-7(11-13-14)3-5(15)4-2-6(9)16-8(4)10/h2,5,15H,3H2,1H3. The van der Waals surface area contributed by atoms with Gasteiger partial charge in [0.15, 0.2) is 5.82 Å². The Balaban J connectivity index is 2.14. The van der Waals surface area contributed by atoms with Crippen LogP contribution in [0.15, 0.2) is 13.6 Å². The second kappa shape index (κ2) is 4.91. The Morgan fingerprint density at radius 1 is 1.56 bits per heavy atom. The van der Waals surface area contributed by atoms with E-state index in [1.165, 1.54) is 16.1 Å². The molecule has 1 unspecified atom stereocenters. The van der Waals surface area contributed by atoms with Gasteiger partial charge in [0, 0.05) is 12.0 Å². The van der Waals surface area contributed by atoms with Crippen LogP contribution in [0.4, 0.5) is 0 Å². The summed E-state index contributed by atoms with van der Waals surface area (Å²) < 4.78 is 1.89. The van der Waals surface area contributed by atoms with Gasteiger partial charge in [0.25, 0.3) is 0 Å². The van der Waals surface area contributed by atoms with Crippen molar-refractivity contribution in [3.63, 3.8) is 0 Å². The molecule has 2 aromatic rings. The second-order valence-corrected chi connectivity index (χ2v) is 6.94. The third kappa shape index (κ3) is 2.68. The number of aromatic nitrogens is 4. The van der Waals surface area contributed by atoms with E-state index in [1.807, 2.05) is 6.07 Å². The fraction of sp³-hybridized carbons (Fsp3) is 0.375. The van der Waals surface area contributed by atoms with Crippen LogP contribution in [0, 0.1) is 0 Å². The van der Waals surface area contributed by atoms with Crippen LogP contribution in [0.3, 0.4) is 0 Å². The fourth-order valence-corrected chi connectivity index (χ4v) is 4.22. The number of hydrogen-bond donors (Lipinski definition) is 1. The van der Waals surface area contributed by atoms with Gasteiger partial charge in [-0.1, -0.05) is 0 Å². The second-order valence-electron chi connectivity index (χ2n) is 3.19. The molecule has 2 rings (SSSR count). The van der Waals surface area contributed by atoms with Gasteiger partial charge < -0.3 is 5.11 Å². The molecule has 8 heteroatoms. The van der Waals surface area contributed by atoms with E-state index in [4.69, 9.17) is 0 Å². The van der Waals surface area contributed by atoms with Crippen molar-refractivity contribution < 1.29 is 5.11 Å². The van der Waals surface area contributed by atoms with Crippen LogP contribution in [-0.4, -0.2) is 25.3 Å². The van der Waals surface area contributed by atoms with Gasteiger partial charge in [0.2, 0.25) is 0 Å². The van der Waals surface area contributed by atoms with Gasteiger partial charge in [-0.15, -0.1) is 21.5 Å². The zero-order chi connectivity index (χ0) is 11.7. The first-order valence-electron chi connectivity index (χ1n) is 4.42. The molecule has 1 atom stereocenters. The van der Waals surface area contributed by atoms with Crippen LogP contribution in [0.1, 0.15) is 17.5 Å². The summed E-state index contributed by atoms with van der Waals surface area (Å²) >= 11 is 8.30. The molecule has 0 aliphatic rings. The van der Waals surface area contributed by atoms with Crippen molar-refractivity contribution in [3.05, 3.63) is 25.0 Å². The van der Waals surface area contributed by atoms with Crippen molar-refractivity contribution in [1.82, 2.24) is 20.2 Å². The van der Waals surface area contributed by atoms with Crippen molar-refractivity contribution in [2.24, 2.45) is 7.05 Å². The van der Waals surface area contributed by atoms with Gasteiger partial charge in [0.05, 0.1) is 20.7 Å². The normalized spacial score (nSPS) is 13.0. The average Bonchev–Trinajstić information content (AvgIpc) is 2.73. The molecule has 0 aliphatic heterocycles. The summed E-state index contributed by atoms with van der Waals surface area (Å²) in [6.45, 7) is 0.